The Morgan fingerprint density at radius 2 is 1.23 bits per heavy atom. The molecule has 1 aromatic carbocycles. The molecule has 16 heteroatoms. The van der Waals surface area contributed by atoms with Gasteiger partial charge in [0.25, 0.3) is 11.8 Å². The van der Waals surface area contributed by atoms with Crippen LogP contribution in [0.3, 0.4) is 0 Å². The van der Waals surface area contributed by atoms with E-state index in [2.05, 4.69) is 20.4 Å². The molecule has 168 valence electrons. The minimum atomic E-state index is -3.67. The van der Waals surface area contributed by atoms with Crippen molar-refractivity contribution in [2.24, 2.45) is 0 Å². The van der Waals surface area contributed by atoms with E-state index in [1.807, 2.05) is 0 Å². The maximum atomic E-state index is 11.4. The van der Waals surface area contributed by atoms with Crippen molar-refractivity contribution in [1.82, 2.24) is 20.4 Å². The Kier molecular flexibility index (Phi) is 6.25. The third-order valence-electron chi connectivity index (χ3n) is 3.46. The second-order valence-electron chi connectivity index (χ2n) is 6.16. The predicted octanol–water partition coefficient (Wildman–Crippen LogP) is -0.599. The summed E-state index contributed by atoms with van der Waals surface area (Å²) in [5, 5.41) is 31.7. The molecule has 0 spiro atoms. The Bertz CT molecular complexity index is 1190. The molecule has 0 radical (unpaired) electrons. The van der Waals surface area contributed by atoms with E-state index in [0.29, 0.717) is 0 Å². The summed E-state index contributed by atoms with van der Waals surface area (Å²) >= 11 is 0. The van der Waals surface area contributed by atoms with Crippen molar-refractivity contribution in [3.05, 3.63) is 35.5 Å². The van der Waals surface area contributed by atoms with Gasteiger partial charge in [0.1, 0.15) is 11.5 Å². The number of aromatic nitrogens is 4. The van der Waals surface area contributed by atoms with Crippen LogP contribution in [0.15, 0.2) is 37.5 Å². The first kappa shape index (κ1) is 22.6. The van der Waals surface area contributed by atoms with E-state index >= 15 is 0 Å². The fraction of sp³-hybridized carbons (Fsp3) is 0.333. The zero-order chi connectivity index (χ0) is 22.8. The molecule has 3 rings (SSSR count). The molecule has 0 atom stereocenters. The first-order chi connectivity index (χ1) is 14.4. The highest BCUT2D eigenvalue weighted by Crippen LogP contribution is 2.27. The van der Waals surface area contributed by atoms with E-state index in [4.69, 9.17) is 18.3 Å². The van der Waals surface area contributed by atoms with Crippen LogP contribution in [0.1, 0.15) is 23.6 Å². The predicted molar refractivity (Wildman–Crippen MR) is 97.1 cm³/mol. The van der Waals surface area contributed by atoms with E-state index in [1.54, 1.807) is 0 Å². The summed E-state index contributed by atoms with van der Waals surface area (Å²) in [6.07, 6.45) is -0.0434. The average Bonchev–Trinajstić information content (AvgIpc) is 3.33. The van der Waals surface area contributed by atoms with Crippen molar-refractivity contribution in [3.8, 4) is 11.5 Å². The highest BCUT2D eigenvalue weighted by Gasteiger charge is 2.18. The molecule has 2 N–H and O–H groups in total. The van der Waals surface area contributed by atoms with Crippen LogP contribution in [0.2, 0.25) is 0 Å². The van der Waals surface area contributed by atoms with Crippen LogP contribution in [0.25, 0.3) is 0 Å². The first-order valence-electron chi connectivity index (χ1n) is 8.23. The van der Waals surface area contributed by atoms with Gasteiger partial charge in [0.05, 0.1) is 0 Å². The van der Waals surface area contributed by atoms with Crippen LogP contribution >= 0.6 is 0 Å². The Hall–Kier alpha value is -3.08. The van der Waals surface area contributed by atoms with Crippen LogP contribution in [0, 0.1) is 0 Å². The molecule has 0 bridgehead atoms. The number of aliphatic hydroxyl groups is 2. The summed E-state index contributed by atoms with van der Waals surface area (Å²) in [5.41, 5.74) is 0.0113. The Morgan fingerprint density at radius 1 is 0.806 bits per heavy atom. The van der Waals surface area contributed by atoms with Gasteiger partial charge in [-0.3, -0.25) is 0 Å². The third kappa shape index (κ3) is 5.97. The van der Waals surface area contributed by atoms with Crippen molar-refractivity contribution in [1.29, 1.82) is 0 Å². The fourth-order valence-corrected chi connectivity index (χ4v) is 2.97. The molecular weight excluding hydrogens is 460 g/mol. The zero-order valence-corrected chi connectivity index (χ0v) is 17.6. The van der Waals surface area contributed by atoms with Crippen molar-refractivity contribution >= 4 is 19.7 Å². The summed E-state index contributed by atoms with van der Waals surface area (Å²) in [6.45, 7) is -0.622. The van der Waals surface area contributed by atoms with E-state index in [-0.39, 0.29) is 42.1 Å². The summed E-state index contributed by atoms with van der Waals surface area (Å²) in [6, 6.07) is 3.95. The van der Waals surface area contributed by atoms with Gasteiger partial charge in [0, 0.05) is 24.1 Å². The summed E-state index contributed by atoms with van der Waals surface area (Å²) in [7, 11) is -7.34. The maximum absolute atomic E-state index is 11.4. The van der Waals surface area contributed by atoms with E-state index in [9.17, 15) is 27.0 Å². The fourth-order valence-electron chi connectivity index (χ4n) is 2.09. The number of hydrogen-bond donors (Lipinski definition) is 2. The molecule has 3 aromatic rings. The molecule has 0 amide bonds. The van der Waals surface area contributed by atoms with Gasteiger partial charge in [0.2, 0.25) is 19.7 Å². The number of hydrogen-bond acceptors (Lipinski definition) is 14. The molecule has 0 aliphatic rings. The Morgan fingerprint density at radius 3 is 1.55 bits per heavy atom. The molecule has 0 aliphatic carbocycles. The Labute approximate surface area is 175 Å². The lowest BCUT2D eigenvalue weighted by Crippen LogP contribution is -2.02. The number of ether oxygens (including phenoxy) is 2. The van der Waals surface area contributed by atoms with Crippen LogP contribution in [0.4, 0.5) is 0 Å². The van der Waals surface area contributed by atoms with E-state index in [1.165, 1.54) is 18.2 Å². The van der Waals surface area contributed by atoms with Crippen LogP contribution in [-0.4, -0.2) is 60.0 Å². The standard InChI is InChI=1S/C15H16N4O10S2/c1-30(22,23)14-18-16-11(28-14)6-26-9-3-8(13(20)21)4-10(5-9)27-7-12-17-19-15(29-12)31(2,24)25/h3-5,13,20-21H,6-7H2,1-2H3. The SMILES string of the molecule is CS(=O)(=O)c1nnc(COc2cc(OCc3nnc(S(C)(=O)=O)o3)cc(C(O)O)c2)o1. The number of aliphatic hydroxyl groups excluding tert-OH is 1. The second kappa shape index (κ2) is 8.58. The number of benzene rings is 1. The number of nitrogens with zero attached hydrogens (tertiary/aromatic N) is 4. The minimum absolute atomic E-state index is 0.0113. The smallest absolute Gasteiger partial charge is 0.335 e. The van der Waals surface area contributed by atoms with Gasteiger partial charge in [-0.2, -0.15) is 0 Å². The molecule has 0 saturated carbocycles. The molecule has 0 aliphatic heterocycles. The van der Waals surface area contributed by atoms with Crippen molar-refractivity contribution in [3.63, 3.8) is 0 Å². The van der Waals surface area contributed by atoms with Gasteiger partial charge in [-0.25, -0.2) is 16.8 Å². The topological polar surface area (TPSA) is 205 Å². The van der Waals surface area contributed by atoms with Crippen molar-refractivity contribution < 1.29 is 45.4 Å². The van der Waals surface area contributed by atoms with Gasteiger partial charge < -0.3 is 28.5 Å². The second-order valence-corrected chi connectivity index (χ2v) is 9.94. The minimum Gasteiger partial charge on any atom is -0.484 e. The van der Waals surface area contributed by atoms with Gasteiger partial charge in [-0.15, -0.1) is 10.2 Å². The molecule has 2 heterocycles. The highest BCUT2D eigenvalue weighted by molar-refractivity contribution is 7.90. The molecule has 31 heavy (non-hydrogen) atoms. The summed E-state index contributed by atoms with van der Waals surface area (Å²) in [5.74, 6) is -0.0573. The lowest BCUT2D eigenvalue weighted by atomic mass is 10.2. The summed E-state index contributed by atoms with van der Waals surface area (Å²) in [4.78, 5) is 0. The van der Waals surface area contributed by atoms with Crippen LogP contribution < -0.4 is 9.47 Å². The molecule has 0 saturated heterocycles. The Balaban J connectivity index is 1.73. The molecule has 14 nitrogen and oxygen atoms in total. The van der Waals surface area contributed by atoms with Crippen molar-refractivity contribution in [2.75, 3.05) is 12.5 Å². The average molecular weight is 476 g/mol. The highest BCUT2D eigenvalue weighted by atomic mass is 32.2. The van der Waals surface area contributed by atoms with Gasteiger partial charge in [-0.05, 0) is 12.1 Å². The van der Waals surface area contributed by atoms with Gasteiger partial charge >= 0.3 is 10.4 Å². The molecule has 2 aromatic heterocycles. The van der Waals surface area contributed by atoms with Crippen LogP contribution in [0.5, 0.6) is 11.5 Å². The molecule has 0 fully saturated rings. The van der Waals surface area contributed by atoms with Gasteiger partial charge in [-0.1, -0.05) is 10.2 Å². The van der Waals surface area contributed by atoms with Crippen LogP contribution in [-0.2, 0) is 32.9 Å². The molecule has 0 unspecified atom stereocenters. The number of rotatable bonds is 9. The third-order valence-corrected chi connectivity index (χ3v) is 5.05. The normalized spacial score (nSPS) is 12.3. The first-order valence-corrected chi connectivity index (χ1v) is 12.0. The largest absolute Gasteiger partial charge is 0.484 e. The monoisotopic (exact) mass is 476 g/mol. The summed E-state index contributed by atoms with van der Waals surface area (Å²) < 4.78 is 66.3. The molecular formula is C15H16N4O10S2. The lowest BCUT2D eigenvalue weighted by molar-refractivity contribution is -0.0428. The quantitative estimate of drug-likeness (QED) is 0.370. The van der Waals surface area contributed by atoms with Gasteiger partial charge in [0.15, 0.2) is 19.5 Å². The zero-order valence-electron chi connectivity index (χ0n) is 16.0. The maximum Gasteiger partial charge on any atom is 0.335 e. The van der Waals surface area contributed by atoms with E-state index in [0.717, 1.165) is 12.5 Å². The lowest BCUT2D eigenvalue weighted by Gasteiger charge is -2.12. The number of sulfone groups is 2. The van der Waals surface area contributed by atoms with E-state index < -0.39 is 36.4 Å². The van der Waals surface area contributed by atoms with Crippen molar-refractivity contribution in [2.45, 2.75) is 29.9 Å².